The molecule has 9 heteroatoms. The van der Waals surface area contributed by atoms with E-state index in [0.29, 0.717) is 12.8 Å². The van der Waals surface area contributed by atoms with Crippen molar-refractivity contribution in [1.29, 1.82) is 0 Å². The van der Waals surface area contributed by atoms with Crippen molar-refractivity contribution in [2.75, 3.05) is 12.5 Å². The number of Topliss-reactive ketones (excluding diaryl/α,β-unsaturated/α-hetero) is 2. The lowest BCUT2D eigenvalue weighted by Gasteiger charge is -2.24. The predicted molar refractivity (Wildman–Crippen MR) is 151 cm³/mol. The Kier molecular flexibility index (Phi) is 14.1. The van der Waals surface area contributed by atoms with Crippen LogP contribution in [0.3, 0.4) is 0 Å². The van der Waals surface area contributed by atoms with Crippen molar-refractivity contribution in [2.24, 2.45) is 17.8 Å². The number of carbonyl (C=O) groups excluding carboxylic acids is 5. The fourth-order valence-electron chi connectivity index (χ4n) is 4.21. The average Bonchev–Trinajstić information content (AvgIpc) is 2.93. The molecule has 40 heavy (non-hydrogen) atoms. The molecule has 0 aliphatic carbocycles. The molecule has 0 saturated carbocycles. The highest BCUT2D eigenvalue weighted by atomic mass is 35.5. The van der Waals surface area contributed by atoms with Crippen LogP contribution in [0.1, 0.15) is 51.2 Å². The first-order valence-corrected chi connectivity index (χ1v) is 13.9. The van der Waals surface area contributed by atoms with Crippen LogP contribution in [0.5, 0.6) is 0 Å². The normalized spacial score (nSPS) is 13.1. The largest absolute Gasteiger partial charge is 0.464 e. The fraction of sp³-hybridized carbons (Fsp3) is 0.452. The second-order valence-electron chi connectivity index (χ2n) is 10.3. The van der Waals surface area contributed by atoms with Crippen LogP contribution in [0.15, 0.2) is 60.7 Å². The first kappa shape index (κ1) is 32.7. The maximum atomic E-state index is 13.6. The van der Waals surface area contributed by atoms with Crippen LogP contribution in [0.2, 0.25) is 0 Å². The van der Waals surface area contributed by atoms with E-state index in [9.17, 15) is 24.0 Å². The highest BCUT2D eigenvalue weighted by Crippen LogP contribution is 2.19. The number of carbonyl (C=O) groups is 5. The molecule has 1 amide bonds. The molecule has 1 N–H and O–H groups in total. The van der Waals surface area contributed by atoms with Gasteiger partial charge < -0.3 is 19.6 Å². The number of amides is 1. The quantitative estimate of drug-likeness (QED) is 0.220. The van der Waals surface area contributed by atoms with E-state index < -0.39 is 35.7 Å². The van der Waals surface area contributed by atoms with Crippen LogP contribution in [0.4, 0.5) is 0 Å². The molecule has 216 valence electrons. The van der Waals surface area contributed by atoms with Crippen LogP contribution in [0.25, 0.3) is 0 Å². The van der Waals surface area contributed by atoms with Crippen molar-refractivity contribution in [1.82, 2.24) is 5.32 Å². The Morgan fingerprint density at radius 2 is 1.43 bits per heavy atom. The second kappa shape index (κ2) is 17.2. The molecular formula is C31H38ClNO7. The number of rotatable bonds is 17. The molecule has 0 aromatic heterocycles. The third-order valence-electron chi connectivity index (χ3n) is 6.20. The Bertz CT molecular complexity index is 1120. The number of alkyl halides is 1. The summed E-state index contributed by atoms with van der Waals surface area (Å²) in [5.74, 6) is -4.45. The van der Waals surface area contributed by atoms with Crippen molar-refractivity contribution in [2.45, 2.75) is 59.1 Å². The Morgan fingerprint density at radius 1 is 0.825 bits per heavy atom. The maximum absolute atomic E-state index is 13.6. The summed E-state index contributed by atoms with van der Waals surface area (Å²) in [5, 5.41) is 2.74. The molecule has 0 fully saturated rings. The number of hydrogen-bond acceptors (Lipinski definition) is 7. The monoisotopic (exact) mass is 571 g/mol. The van der Waals surface area contributed by atoms with Crippen LogP contribution in [-0.2, 0) is 46.5 Å². The van der Waals surface area contributed by atoms with Gasteiger partial charge >= 0.3 is 11.9 Å². The lowest BCUT2D eigenvalue weighted by Crippen LogP contribution is -2.46. The van der Waals surface area contributed by atoms with Gasteiger partial charge in [-0.3, -0.25) is 19.2 Å². The molecule has 0 aliphatic heterocycles. The number of nitrogens with one attached hydrogen (secondary N) is 1. The van der Waals surface area contributed by atoms with Crippen LogP contribution in [0, 0.1) is 17.8 Å². The average molecular weight is 572 g/mol. The summed E-state index contributed by atoms with van der Waals surface area (Å²) in [5.41, 5.74) is 1.71. The number of esters is 2. The third kappa shape index (κ3) is 12.1. The fourth-order valence-corrected chi connectivity index (χ4v) is 4.28. The summed E-state index contributed by atoms with van der Waals surface area (Å²) >= 11 is 5.47. The summed E-state index contributed by atoms with van der Waals surface area (Å²) in [6.07, 6.45) is 0.324. The molecule has 0 bridgehead atoms. The lowest BCUT2D eigenvalue weighted by molar-refractivity contribution is -0.151. The van der Waals surface area contributed by atoms with Crippen molar-refractivity contribution in [3.63, 3.8) is 0 Å². The highest BCUT2D eigenvalue weighted by Gasteiger charge is 2.31. The first-order valence-electron chi connectivity index (χ1n) is 13.4. The van der Waals surface area contributed by atoms with Gasteiger partial charge in [0.1, 0.15) is 24.9 Å². The van der Waals surface area contributed by atoms with Crippen LogP contribution >= 0.6 is 11.6 Å². The standard InChI is InChI=1S/C31H38ClNO7/c1-21(2)14-27(33-30(37)26(15-22(3)34)20-39-29(36)18-32)28(35)17-25(16-23-10-6-4-7-11-23)31(38)40-19-24-12-8-5-9-13-24/h4-13,21,25-27H,14-20H2,1-3H3,(H,33,37)/t25-,26+,27+/m1/s1. The molecular weight excluding hydrogens is 534 g/mol. The number of ketones is 2. The Hall–Kier alpha value is -3.52. The molecule has 2 aromatic rings. The van der Waals surface area contributed by atoms with E-state index in [1.165, 1.54) is 6.92 Å². The van der Waals surface area contributed by atoms with Gasteiger partial charge in [-0.25, -0.2) is 0 Å². The van der Waals surface area contributed by atoms with Gasteiger partial charge in [0.25, 0.3) is 0 Å². The molecule has 0 saturated heterocycles. The number of benzene rings is 2. The Balaban J connectivity index is 2.19. The van der Waals surface area contributed by atoms with Crippen molar-refractivity contribution < 1.29 is 33.4 Å². The highest BCUT2D eigenvalue weighted by molar-refractivity contribution is 6.26. The smallest absolute Gasteiger partial charge is 0.320 e. The molecule has 3 atom stereocenters. The van der Waals surface area contributed by atoms with E-state index in [0.717, 1.165) is 11.1 Å². The van der Waals surface area contributed by atoms with Gasteiger partial charge in [-0.2, -0.15) is 0 Å². The zero-order valence-electron chi connectivity index (χ0n) is 23.3. The van der Waals surface area contributed by atoms with Gasteiger partial charge in [0.2, 0.25) is 5.91 Å². The van der Waals surface area contributed by atoms with Crippen molar-refractivity contribution >= 4 is 41.0 Å². The predicted octanol–water partition coefficient (Wildman–Crippen LogP) is 4.46. The van der Waals surface area contributed by atoms with Gasteiger partial charge in [-0.1, -0.05) is 74.5 Å². The molecule has 0 radical (unpaired) electrons. The third-order valence-corrected chi connectivity index (χ3v) is 6.42. The maximum Gasteiger partial charge on any atom is 0.320 e. The van der Waals surface area contributed by atoms with E-state index in [1.807, 2.05) is 74.5 Å². The lowest BCUT2D eigenvalue weighted by atomic mass is 9.89. The number of hydrogen-bond donors (Lipinski definition) is 1. The molecule has 0 spiro atoms. The summed E-state index contributed by atoms with van der Waals surface area (Å²) < 4.78 is 10.6. The van der Waals surface area contributed by atoms with Crippen LogP contribution < -0.4 is 5.32 Å². The zero-order valence-corrected chi connectivity index (χ0v) is 24.0. The van der Waals surface area contributed by atoms with Crippen molar-refractivity contribution in [3.05, 3.63) is 71.8 Å². The molecule has 2 aromatic carbocycles. The SMILES string of the molecule is CC(=O)C[C@@H](COC(=O)CCl)C(=O)N[C@@H](CC(C)C)C(=O)C[C@@H](Cc1ccccc1)C(=O)OCc1ccccc1. The van der Waals surface area contributed by atoms with E-state index in [1.54, 1.807) is 0 Å². The van der Waals surface area contributed by atoms with E-state index in [-0.39, 0.29) is 49.4 Å². The molecule has 0 unspecified atom stereocenters. The summed E-state index contributed by atoms with van der Waals surface area (Å²) in [4.78, 5) is 63.1. The summed E-state index contributed by atoms with van der Waals surface area (Å²) in [6, 6.07) is 17.7. The molecule has 0 heterocycles. The second-order valence-corrected chi connectivity index (χ2v) is 10.5. The van der Waals surface area contributed by atoms with Gasteiger partial charge in [-0.05, 0) is 36.8 Å². The van der Waals surface area contributed by atoms with E-state index >= 15 is 0 Å². The Morgan fingerprint density at radius 3 is 1.98 bits per heavy atom. The molecule has 0 aliphatic rings. The Labute approximate surface area is 240 Å². The van der Waals surface area contributed by atoms with Gasteiger partial charge in [-0.15, -0.1) is 11.6 Å². The molecule has 8 nitrogen and oxygen atoms in total. The van der Waals surface area contributed by atoms with E-state index in [2.05, 4.69) is 5.32 Å². The molecule has 2 rings (SSSR count). The zero-order chi connectivity index (χ0) is 29.5. The van der Waals surface area contributed by atoms with Gasteiger partial charge in [0, 0.05) is 12.8 Å². The van der Waals surface area contributed by atoms with Crippen molar-refractivity contribution in [3.8, 4) is 0 Å². The number of halogens is 1. The first-order chi connectivity index (χ1) is 19.1. The number of ether oxygens (including phenoxy) is 2. The minimum absolute atomic E-state index is 0.0483. The van der Waals surface area contributed by atoms with Gasteiger partial charge in [0.15, 0.2) is 5.78 Å². The minimum atomic E-state index is -0.969. The summed E-state index contributed by atoms with van der Waals surface area (Å²) in [7, 11) is 0. The van der Waals surface area contributed by atoms with E-state index in [4.69, 9.17) is 21.1 Å². The summed E-state index contributed by atoms with van der Waals surface area (Å²) in [6.45, 7) is 4.91. The van der Waals surface area contributed by atoms with Gasteiger partial charge in [0.05, 0.1) is 17.9 Å². The minimum Gasteiger partial charge on any atom is -0.464 e. The van der Waals surface area contributed by atoms with Crippen LogP contribution in [-0.4, -0.2) is 47.9 Å². The topological polar surface area (TPSA) is 116 Å².